The van der Waals surface area contributed by atoms with Crippen molar-refractivity contribution in [3.8, 4) is 28.5 Å². The Kier molecular flexibility index (Phi) is 4.22. The molecule has 4 aromatic heterocycles. The molecule has 4 heterocycles. The molecule has 0 atom stereocenters. The van der Waals surface area contributed by atoms with Crippen LogP contribution in [0.2, 0.25) is 0 Å². The Morgan fingerprint density at radius 3 is 2.55 bits per heavy atom. The summed E-state index contributed by atoms with van der Waals surface area (Å²) in [7, 11) is 0. The van der Waals surface area contributed by atoms with Gasteiger partial charge in [0, 0.05) is 17.8 Å². The summed E-state index contributed by atoms with van der Waals surface area (Å²) >= 11 is 5.95. The molecule has 0 saturated carbocycles. The first-order valence-corrected chi connectivity index (χ1v) is 9.42. The summed E-state index contributed by atoms with van der Waals surface area (Å²) in [5.41, 5.74) is 11.6. The Hall–Kier alpha value is -3.71. The molecule has 29 heavy (non-hydrogen) atoms. The second kappa shape index (κ2) is 7.03. The molecular weight excluding hydrogens is 388 g/mol. The normalized spacial score (nSPS) is 11.2. The van der Waals surface area contributed by atoms with Crippen LogP contribution in [0.25, 0.3) is 39.6 Å². The first-order valence-electron chi connectivity index (χ1n) is 8.89. The van der Waals surface area contributed by atoms with Crippen molar-refractivity contribution in [1.82, 2.24) is 24.5 Å². The molecule has 0 spiro atoms. The number of rotatable bonds is 4. The van der Waals surface area contributed by atoms with Crippen molar-refractivity contribution in [1.29, 1.82) is 0 Å². The van der Waals surface area contributed by atoms with Crippen molar-refractivity contribution < 1.29 is 4.42 Å². The Balaban J connectivity index is 1.80. The lowest BCUT2D eigenvalue weighted by Gasteiger charge is -2.11. The van der Waals surface area contributed by atoms with Crippen LogP contribution >= 0.6 is 11.6 Å². The third-order valence-electron chi connectivity index (χ3n) is 4.63. The average molecular weight is 403 g/mol. The molecule has 0 aliphatic carbocycles. The van der Waals surface area contributed by atoms with Crippen LogP contribution in [-0.4, -0.2) is 24.5 Å². The third kappa shape index (κ3) is 3.01. The summed E-state index contributed by atoms with van der Waals surface area (Å²) < 4.78 is 7.06. The van der Waals surface area contributed by atoms with Crippen LogP contribution in [0.5, 0.6) is 0 Å². The zero-order valence-corrected chi connectivity index (χ0v) is 15.9. The van der Waals surface area contributed by atoms with Crippen molar-refractivity contribution in [2.75, 3.05) is 5.73 Å². The van der Waals surface area contributed by atoms with E-state index in [1.165, 1.54) is 6.39 Å². The van der Waals surface area contributed by atoms with Crippen molar-refractivity contribution in [3.05, 3.63) is 72.9 Å². The maximum atomic E-state index is 6.15. The minimum absolute atomic E-state index is 0.401. The highest BCUT2D eigenvalue weighted by atomic mass is 35.5. The van der Waals surface area contributed by atoms with E-state index in [1.807, 2.05) is 53.1 Å². The van der Waals surface area contributed by atoms with Gasteiger partial charge in [0.05, 0.1) is 11.3 Å². The molecule has 5 aromatic rings. The van der Waals surface area contributed by atoms with Crippen LogP contribution in [0.3, 0.4) is 0 Å². The quantitative estimate of drug-likeness (QED) is 0.446. The maximum Gasteiger partial charge on any atom is 0.181 e. The van der Waals surface area contributed by atoms with Crippen molar-refractivity contribution in [2.24, 2.45) is 0 Å². The van der Waals surface area contributed by atoms with E-state index in [4.69, 9.17) is 31.7 Å². The number of anilines is 1. The number of halogens is 1. The number of alkyl halides is 1. The molecule has 0 unspecified atom stereocenters. The number of pyridine rings is 2. The lowest BCUT2D eigenvalue weighted by Crippen LogP contribution is -2.02. The smallest absolute Gasteiger partial charge is 0.181 e. The minimum atomic E-state index is 0.401. The van der Waals surface area contributed by atoms with E-state index in [0.717, 1.165) is 22.3 Å². The number of nitrogen functional groups attached to an aromatic ring is 1. The molecule has 2 N–H and O–H groups in total. The zero-order chi connectivity index (χ0) is 19.8. The fraction of sp³-hybridized carbons (Fsp3) is 0.0476. The fourth-order valence-corrected chi connectivity index (χ4v) is 3.38. The average Bonchev–Trinajstić information content (AvgIpc) is 3.42. The molecule has 8 heteroatoms. The summed E-state index contributed by atoms with van der Waals surface area (Å²) in [6, 6.07) is 15.4. The second-order valence-electron chi connectivity index (χ2n) is 6.42. The molecule has 0 bridgehead atoms. The van der Waals surface area contributed by atoms with Gasteiger partial charge < -0.3 is 10.2 Å². The number of oxazole rings is 1. The van der Waals surface area contributed by atoms with Crippen molar-refractivity contribution in [3.63, 3.8) is 0 Å². The Morgan fingerprint density at radius 2 is 1.83 bits per heavy atom. The van der Waals surface area contributed by atoms with Gasteiger partial charge in [-0.1, -0.05) is 12.1 Å². The maximum absolute atomic E-state index is 6.15. The van der Waals surface area contributed by atoms with Crippen molar-refractivity contribution in [2.45, 2.75) is 5.88 Å². The number of nitrogens with two attached hydrogens (primary N) is 1. The van der Waals surface area contributed by atoms with E-state index in [9.17, 15) is 0 Å². The van der Waals surface area contributed by atoms with E-state index in [1.54, 1.807) is 12.5 Å². The lowest BCUT2D eigenvalue weighted by molar-refractivity contribution is 0.558. The Labute approximate surface area is 170 Å². The zero-order valence-electron chi connectivity index (χ0n) is 15.2. The van der Waals surface area contributed by atoms with Gasteiger partial charge in [-0.05, 0) is 42.0 Å². The van der Waals surface area contributed by atoms with Gasteiger partial charge >= 0.3 is 0 Å². The first kappa shape index (κ1) is 17.4. The molecule has 0 aliphatic heterocycles. The highest BCUT2D eigenvalue weighted by molar-refractivity contribution is 6.17. The highest BCUT2D eigenvalue weighted by Gasteiger charge is 2.19. The molecule has 0 saturated heterocycles. The minimum Gasteiger partial charge on any atom is -0.451 e. The molecule has 0 fully saturated rings. The van der Waals surface area contributed by atoms with E-state index in [2.05, 4.69) is 9.97 Å². The second-order valence-corrected chi connectivity index (χ2v) is 6.69. The Morgan fingerprint density at radius 1 is 0.966 bits per heavy atom. The molecule has 0 amide bonds. The van der Waals surface area contributed by atoms with Crippen molar-refractivity contribution >= 4 is 28.6 Å². The number of benzene rings is 1. The molecule has 5 rings (SSSR count). The van der Waals surface area contributed by atoms with Gasteiger partial charge in [-0.3, -0.25) is 4.57 Å². The number of hydrogen-bond acceptors (Lipinski definition) is 6. The summed E-state index contributed by atoms with van der Waals surface area (Å²) in [5.74, 6) is 1.51. The van der Waals surface area contributed by atoms with Gasteiger partial charge in [-0.15, -0.1) is 11.6 Å². The van der Waals surface area contributed by atoms with Gasteiger partial charge in [0.1, 0.15) is 23.3 Å². The summed E-state index contributed by atoms with van der Waals surface area (Å²) in [5, 5.41) is 0. The van der Waals surface area contributed by atoms with E-state index in [-0.39, 0.29) is 0 Å². The van der Waals surface area contributed by atoms with Gasteiger partial charge in [0.2, 0.25) is 0 Å². The SMILES string of the molecule is Nc1ncccc1-c1nc2ccc(-c3cocn3)nc2n1-c1ccc(CCl)cc1. The number of hydrogen-bond donors (Lipinski definition) is 1. The lowest BCUT2D eigenvalue weighted by atomic mass is 10.2. The topological polar surface area (TPSA) is 95.7 Å². The van der Waals surface area contributed by atoms with Gasteiger partial charge in [-0.2, -0.15) is 0 Å². The van der Waals surface area contributed by atoms with Crippen LogP contribution < -0.4 is 5.73 Å². The predicted octanol–water partition coefficient (Wildman–Crippen LogP) is 4.46. The summed E-state index contributed by atoms with van der Waals surface area (Å²) in [6.45, 7) is 0. The fourth-order valence-electron chi connectivity index (χ4n) is 3.20. The molecule has 7 nitrogen and oxygen atoms in total. The van der Waals surface area contributed by atoms with E-state index in [0.29, 0.717) is 34.6 Å². The Bertz CT molecular complexity index is 1300. The predicted molar refractivity (Wildman–Crippen MR) is 112 cm³/mol. The third-order valence-corrected chi connectivity index (χ3v) is 4.94. The van der Waals surface area contributed by atoms with E-state index >= 15 is 0 Å². The van der Waals surface area contributed by atoms with E-state index < -0.39 is 0 Å². The highest BCUT2D eigenvalue weighted by Crippen LogP contribution is 2.31. The molecule has 0 aliphatic rings. The monoisotopic (exact) mass is 402 g/mol. The van der Waals surface area contributed by atoms with Gasteiger partial charge in [-0.25, -0.2) is 19.9 Å². The molecule has 1 aromatic carbocycles. The molecule has 142 valence electrons. The number of nitrogens with zero attached hydrogens (tertiary/aromatic N) is 5. The van der Waals surface area contributed by atoms with Crippen LogP contribution in [0.15, 0.2) is 71.8 Å². The van der Waals surface area contributed by atoms with Gasteiger partial charge in [0.15, 0.2) is 17.9 Å². The number of fused-ring (bicyclic) bond motifs is 1. The largest absolute Gasteiger partial charge is 0.451 e. The van der Waals surface area contributed by atoms with Crippen LogP contribution in [0.4, 0.5) is 5.82 Å². The van der Waals surface area contributed by atoms with Crippen LogP contribution in [0.1, 0.15) is 5.56 Å². The number of aromatic nitrogens is 5. The first-order chi connectivity index (χ1) is 14.2. The summed E-state index contributed by atoms with van der Waals surface area (Å²) in [4.78, 5) is 18.0. The van der Waals surface area contributed by atoms with Crippen LogP contribution in [0, 0.1) is 0 Å². The van der Waals surface area contributed by atoms with Gasteiger partial charge in [0.25, 0.3) is 0 Å². The standard InChI is InChI=1S/C21H15ClN6O/c22-10-13-3-5-14(6-4-13)28-20(15-2-1-9-24-19(15)23)27-17-8-7-16(26-21(17)28)18-11-29-12-25-18/h1-9,11-12H,10H2,(H2,23,24). The molecule has 0 radical (unpaired) electrons. The number of imidazole rings is 1. The molecular formula is C21H15ClN6O. The summed E-state index contributed by atoms with van der Waals surface area (Å²) in [6.07, 6.45) is 4.59. The van der Waals surface area contributed by atoms with Crippen LogP contribution in [-0.2, 0) is 5.88 Å².